The van der Waals surface area contributed by atoms with Crippen LogP contribution in [0.1, 0.15) is 0 Å². The fourth-order valence-electron chi connectivity index (χ4n) is 1.09. The number of nitrogens with zero attached hydrogens (tertiary/aromatic N) is 1. The lowest BCUT2D eigenvalue weighted by molar-refractivity contribution is 1.09. The molecule has 3 heteroatoms. The smallest absolute Gasteiger partial charge is 0.0566 e. The Labute approximate surface area is 84.1 Å². The van der Waals surface area contributed by atoms with E-state index in [1.165, 1.54) is 9.13 Å². The van der Waals surface area contributed by atoms with Crippen molar-refractivity contribution in [2.24, 2.45) is 0 Å². The highest BCUT2D eigenvalue weighted by atomic mass is 127. The molecule has 0 unspecified atom stereocenters. The van der Waals surface area contributed by atoms with Crippen molar-refractivity contribution in [3.05, 3.63) is 40.2 Å². The van der Waals surface area contributed by atoms with E-state index in [0.29, 0.717) is 0 Å². The normalized spacial score (nSPS) is 10.1. The van der Waals surface area contributed by atoms with E-state index in [1.807, 2.05) is 24.5 Å². The molecule has 0 aliphatic heterocycles. The molecule has 1 aromatic heterocycles. The molecule has 0 saturated carbocycles. The second-order valence-electron chi connectivity index (χ2n) is 2.47. The predicted molar refractivity (Wildman–Crippen MR) is 56.7 cm³/mol. The summed E-state index contributed by atoms with van der Waals surface area (Å²) in [7, 11) is 0. The summed E-state index contributed by atoms with van der Waals surface area (Å²) in [5.74, 6) is 0. The third-order valence-electron chi connectivity index (χ3n) is 1.68. The Morgan fingerprint density at radius 1 is 1.25 bits per heavy atom. The summed E-state index contributed by atoms with van der Waals surface area (Å²) < 4.78 is 1.25. The van der Waals surface area contributed by atoms with Gasteiger partial charge in [-0.1, -0.05) is 18.2 Å². The largest absolute Gasteiger partial charge is 0.285 e. The summed E-state index contributed by atoms with van der Waals surface area (Å²) in [6, 6.07) is 8.24. The Morgan fingerprint density at radius 2 is 2.08 bits per heavy atom. The number of hydrogen-bond acceptors (Lipinski definition) is 1. The molecule has 0 aliphatic carbocycles. The van der Waals surface area contributed by atoms with Gasteiger partial charge < -0.3 is 0 Å². The van der Waals surface area contributed by atoms with Gasteiger partial charge in [-0.05, 0) is 34.2 Å². The van der Waals surface area contributed by atoms with E-state index in [0.717, 1.165) is 5.56 Å². The molecule has 2 nitrogen and oxygen atoms in total. The molecule has 2 aromatic rings. The Hall–Kier alpha value is -0.840. The highest BCUT2D eigenvalue weighted by Gasteiger charge is 2.01. The van der Waals surface area contributed by atoms with Gasteiger partial charge in [0.15, 0.2) is 0 Å². The first kappa shape index (κ1) is 7.79. The molecule has 0 bridgehead atoms. The molecule has 0 atom stereocenters. The van der Waals surface area contributed by atoms with Crippen LogP contribution in [0.2, 0.25) is 0 Å². The maximum absolute atomic E-state index is 3.91. The van der Waals surface area contributed by atoms with Crippen LogP contribution in [-0.4, -0.2) is 10.2 Å². The van der Waals surface area contributed by atoms with E-state index in [4.69, 9.17) is 0 Å². The van der Waals surface area contributed by atoms with Gasteiger partial charge in [0, 0.05) is 15.3 Å². The number of H-pyrrole nitrogens is 1. The minimum absolute atomic E-state index is 1.14. The highest BCUT2D eigenvalue weighted by Crippen LogP contribution is 2.23. The summed E-state index contributed by atoms with van der Waals surface area (Å²) in [4.78, 5) is 0. The average Bonchev–Trinajstić information content (AvgIpc) is 2.57. The van der Waals surface area contributed by atoms with Crippen LogP contribution in [0.25, 0.3) is 11.1 Å². The van der Waals surface area contributed by atoms with Crippen LogP contribution in [0.4, 0.5) is 0 Å². The van der Waals surface area contributed by atoms with Crippen LogP contribution in [0.5, 0.6) is 0 Å². The third kappa shape index (κ3) is 1.36. The molecule has 12 heavy (non-hydrogen) atoms. The maximum Gasteiger partial charge on any atom is 0.0566 e. The molecule has 1 heterocycles. The molecule has 0 saturated heterocycles. The van der Waals surface area contributed by atoms with Crippen LogP contribution >= 0.6 is 22.6 Å². The third-order valence-corrected chi connectivity index (χ3v) is 2.62. The predicted octanol–water partition coefficient (Wildman–Crippen LogP) is 2.68. The monoisotopic (exact) mass is 270 g/mol. The first-order valence-corrected chi connectivity index (χ1v) is 4.69. The number of nitrogens with one attached hydrogen (secondary N) is 1. The number of hydrogen-bond donors (Lipinski definition) is 1. The zero-order valence-corrected chi connectivity index (χ0v) is 8.45. The van der Waals surface area contributed by atoms with Crippen molar-refractivity contribution in [3.8, 4) is 11.1 Å². The quantitative estimate of drug-likeness (QED) is 0.793. The summed E-state index contributed by atoms with van der Waals surface area (Å²) in [6.07, 6.45) is 3.73. The van der Waals surface area contributed by atoms with Gasteiger partial charge in [0.1, 0.15) is 0 Å². The van der Waals surface area contributed by atoms with Crippen molar-refractivity contribution in [3.63, 3.8) is 0 Å². The zero-order chi connectivity index (χ0) is 8.39. The molecule has 2 rings (SSSR count). The Morgan fingerprint density at radius 3 is 2.75 bits per heavy atom. The van der Waals surface area contributed by atoms with Crippen LogP contribution in [-0.2, 0) is 0 Å². The van der Waals surface area contributed by atoms with Gasteiger partial charge in [-0.2, -0.15) is 5.10 Å². The van der Waals surface area contributed by atoms with E-state index in [1.54, 1.807) is 0 Å². The molecule has 0 radical (unpaired) electrons. The summed E-state index contributed by atoms with van der Waals surface area (Å²) in [5, 5.41) is 6.71. The van der Waals surface area contributed by atoms with Gasteiger partial charge in [0.05, 0.1) is 6.20 Å². The number of benzene rings is 1. The van der Waals surface area contributed by atoms with Crippen LogP contribution in [0.15, 0.2) is 36.7 Å². The molecule has 0 aliphatic rings. The molecule has 1 N–H and O–H groups in total. The van der Waals surface area contributed by atoms with Crippen molar-refractivity contribution in [2.75, 3.05) is 0 Å². The number of halogens is 1. The summed E-state index contributed by atoms with van der Waals surface area (Å²) in [6.45, 7) is 0. The summed E-state index contributed by atoms with van der Waals surface area (Å²) in [5.41, 5.74) is 2.37. The lowest BCUT2D eigenvalue weighted by Gasteiger charge is -1.98. The maximum atomic E-state index is 3.91. The number of aromatic amines is 1. The van der Waals surface area contributed by atoms with Gasteiger partial charge in [-0.25, -0.2) is 0 Å². The topological polar surface area (TPSA) is 28.7 Å². The molecule has 60 valence electrons. The van der Waals surface area contributed by atoms with E-state index in [-0.39, 0.29) is 0 Å². The summed E-state index contributed by atoms with van der Waals surface area (Å²) >= 11 is 2.32. The first-order valence-electron chi connectivity index (χ1n) is 3.61. The molecule has 0 amide bonds. The molecule has 0 spiro atoms. The minimum Gasteiger partial charge on any atom is -0.285 e. The highest BCUT2D eigenvalue weighted by molar-refractivity contribution is 14.1. The van der Waals surface area contributed by atoms with Gasteiger partial charge in [0.25, 0.3) is 0 Å². The van der Waals surface area contributed by atoms with E-state index in [9.17, 15) is 0 Å². The van der Waals surface area contributed by atoms with Gasteiger partial charge >= 0.3 is 0 Å². The standard InChI is InChI=1S/C9H7IN2/c10-9-4-2-1-3-8(9)7-5-11-12-6-7/h1-6H,(H,11,12). The Bertz CT molecular complexity index is 368. The Kier molecular flexibility index (Phi) is 2.12. The lowest BCUT2D eigenvalue weighted by atomic mass is 10.1. The van der Waals surface area contributed by atoms with Crippen molar-refractivity contribution in [2.45, 2.75) is 0 Å². The van der Waals surface area contributed by atoms with Crippen LogP contribution in [0, 0.1) is 3.57 Å². The fourth-order valence-corrected chi connectivity index (χ4v) is 1.79. The van der Waals surface area contributed by atoms with Crippen molar-refractivity contribution in [1.82, 2.24) is 10.2 Å². The first-order chi connectivity index (χ1) is 5.88. The molecular formula is C9H7IN2. The zero-order valence-electron chi connectivity index (χ0n) is 6.29. The second kappa shape index (κ2) is 3.26. The lowest BCUT2D eigenvalue weighted by Crippen LogP contribution is -1.77. The van der Waals surface area contributed by atoms with Crippen molar-refractivity contribution >= 4 is 22.6 Å². The molecular weight excluding hydrogens is 263 g/mol. The molecule has 1 aromatic carbocycles. The van der Waals surface area contributed by atoms with Gasteiger partial charge in [-0.15, -0.1) is 0 Å². The fraction of sp³-hybridized carbons (Fsp3) is 0. The van der Waals surface area contributed by atoms with E-state index >= 15 is 0 Å². The van der Waals surface area contributed by atoms with E-state index in [2.05, 4.69) is 44.9 Å². The van der Waals surface area contributed by atoms with E-state index < -0.39 is 0 Å². The minimum atomic E-state index is 1.14. The Balaban J connectivity index is 2.55. The number of aromatic nitrogens is 2. The van der Waals surface area contributed by atoms with Crippen LogP contribution < -0.4 is 0 Å². The van der Waals surface area contributed by atoms with Crippen molar-refractivity contribution in [1.29, 1.82) is 0 Å². The number of rotatable bonds is 1. The SMILES string of the molecule is Ic1ccccc1-c1cn[nH]c1. The molecule has 0 fully saturated rings. The average molecular weight is 270 g/mol. The van der Waals surface area contributed by atoms with Gasteiger partial charge in [-0.3, -0.25) is 5.10 Å². The van der Waals surface area contributed by atoms with Crippen molar-refractivity contribution < 1.29 is 0 Å². The second-order valence-corrected chi connectivity index (χ2v) is 3.63. The van der Waals surface area contributed by atoms with Gasteiger partial charge in [0.2, 0.25) is 0 Å². The van der Waals surface area contributed by atoms with Crippen LogP contribution in [0.3, 0.4) is 0 Å².